The Kier molecular flexibility index (Phi) is 4.46. The lowest BCUT2D eigenvalue weighted by molar-refractivity contribution is 0.178. The molecule has 0 amide bonds. The molecule has 0 saturated carbocycles. The first-order valence-corrected chi connectivity index (χ1v) is 6.72. The van der Waals surface area contributed by atoms with Gasteiger partial charge in [0.15, 0.2) is 0 Å². The lowest BCUT2D eigenvalue weighted by Gasteiger charge is -2.34. The molecule has 2 rings (SSSR count). The van der Waals surface area contributed by atoms with Crippen LogP contribution in [0.25, 0.3) is 0 Å². The fourth-order valence-corrected chi connectivity index (χ4v) is 2.55. The Morgan fingerprint density at radius 1 is 1.50 bits per heavy atom. The van der Waals surface area contributed by atoms with Crippen molar-refractivity contribution in [1.82, 2.24) is 4.90 Å². The van der Waals surface area contributed by atoms with E-state index in [1.807, 2.05) is 0 Å². The zero-order valence-corrected chi connectivity index (χ0v) is 11.6. The highest BCUT2D eigenvalue weighted by Gasteiger charge is 2.24. The number of methoxy groups -OCH3 is 1. The highest BCUT2D eigenvalue weighted by molar-refractivity contribution is 6.20. The molecule has 0 aromatic heterocycles. The predicted molar refractivity (Wildman–Crippen MR) is 71.7 cm³/mol. The molecule has 4 heteroatoms. The number of alkyl halides is 1. The molecular weight excluding hydrogens is 253 g/mol. The largest absolute Gasteiger partial charge is 0.497 e. The molecule has 1 fully saturated rings. The van der Waals surface area contributed by atoms with Gasteiger partial charge < -0.3 is 4.74 Å². The molecule has 2 atom stereocenters. The van der Waals surface area contributed by atoms with Gasteiger partial charge in [-0.25, -0.2) is 4.39 Å². The summed E-state index contributed by atoms with van der Waals surface area (Å²) in [5.74, 6) is 0.820. The topological polar surface area (TPSA) is 12.5 Å². The van der Waals surface area contributed by atoms with Crippen molar-refractivity contribution in [3.63, 3.8) is 0 Å². The van der Waals surface area contributed by atoms with Crippen molar-refractivity contribution in [2.45, 2.75) is 25.3 Å². The normalized spacial score (nSPS) is 25.1. The molecule has 2 nitrogen and oxygen atoms in total. The predicted octanol–water partition coefficient (Wildman–Crippen LogP) is 3.28. The summed E-state index contributed by atoms with van der Waals surface area (Å²) in [6, 6.07) is 5.04. The van der Waals surface area contributed by atoms with Crippen LogP contribution >= 0.6 is 11.6 Å². The minimum absolute atomic E-state index is 0.199. The molecular formula is C14H19ClFNO. The van der Waals surface area contributed by atoms with Crippen molar-refractivity contribution in [2.24, 2.45) is 5.92 Å². The minimum atomic E-state index is -0.199. The van der Waals surface area contributed by atoms with Crippen molar-refractivity contribution in [3.8, 4) is 5.75 Å². The van der Waals surface area contributed by atoms with Crippen LogP contribution < -0.4 is 4.74 Å². The van der Waals surface area contributed by atoms with Gasteiger partial charge in [0.25, 0.3) is 0 Å². The molecule has 1 aliphatic heterocycles. The molecule has 0 aliphatic carbocycles. The number of rotatable bonds is 3. The number of likely N-dealkylation sites (tertiary alicyclic amines) is 1. The number of benzene rings is 1. The number of ether oxygens (including phenoxy) is 1. The van der Waals surface area contributed by atoms with Gasteiger partial charge in [-0.3, -0.25) is 4.90 Å². The molecule has 0 radical (unpaired) electrons. The molecule has 1 saturated heterocycles. The molecule has 18 heavy (non-hydrogen) atoms. The summed E-state index contributed by atoms with van der Waals surface area (Å²) in [6.45, 7) is 4.65. The SMILES string of the molecule is COc1ccc(CN2CCC(Cl)C(C)C2)c(F)c1. The monoisotopic (exact) mass is 271 g/mol. The Labute approximate surface area is 113 Å². The van der Waals surface area contributed by atoms with E-state index in [1.54, 1.807) is 19.2 Å². The van der Waals surface area contributed by atoms with Crippen LogP contribution in [0.15, 0.2) is 18.2 Å². The van der Waals surface area contributed by atoms with Crippen LogP contribution in [0.4, 0.5) is 4.39 Å². The maximum Gasteiger partial charge on any atom is 0.131 e. The number of hydrogen-bond donors (Lipinski definition) is 0. The summed E-state index contributed by atoms with van der Waals surface area (Å²) in [6.07, 6.45) is 0.973. The molecule has 100 valence electrons. The average molecular weight is 272 g/mol. The summed E-state index contributed by atoms with van der Waals surface area (Å²) in [5.41, 5.74) is 0.719. The van der Waals surface area contributed by atoms with E-state index in [2.05, 4.69) is 11.8 Å². The van der Waals surface area contributed by atoms with Crippen molar-refractivity contribution in [1.29, 1.82) is 0 Å². The van der Waals surface area contributed by atoms with Crippen molar-refractivity contribution in [2.75, 3.05) is 20.2 Å². The van der Waals surface area contributed by atoms with Crippen LogP contribution in [0.3, 0.4) is 0 Å². The Balaban J connectivity index is 2.01. The van der Waals surface area contributed by atoms with Crippen LogP contribution in [-0.4, -0.2) is 30.5 Å². The number of piperidine rings is 1. The quantitative estimate of drug-likeness (QED) is 0.783. The van der Waals surface area contributed by atoms with E-state index < -0.39 is 0 Å². The van der Waals surface area contributed by atoms with E-state index >= 15 is 0 Å². The molecule has 1 aromatic rings. The van der Waals surface area contributed by atoms with Gasteiger partial charge in [-0.1, -0.05) is 13.0 Å². The first kappa shape index (κ1) is 13.6. The molecule has 1 aromatic carbocycles. The zero-order valence-electron chi connectivity index (χ0n) is 10.8. The van der Waals surface area contributed by atoms with Crippen LogP contribution in [0.5, 0.6) is 5.75 Å². The fourth-order valence-electron chi connectivity index (χ4n) is 2.37. The van der Waals surface area contributed by atoms with Crippen LogP contribution in [0, 0.1) is 11.7 Å². The van der Waals surface area contributed by atoms with Crippen LogP contribution in [0.1, 0.15) is 18.9 Å². The Bertz CT molecular complexity index is 413. The van der Waals surface area contributed by atoms with Gasteiger partial charge in [-0.05, 0) is 24.9 Å². The first-order chi connectivity index (χ1) is 8.60. The average Bonchev–Trinajstić information content (AvgIpc) is 2.36. The van der Waals surface area contributed by atoms with E-state index in [0.29, 0.717) is 18.2 Å². The van der Waals surface area contributed by atoms with Crippen LogP contribution in [-0.2, 0) is 6.54 Å². The van der Waals surface area contributed by atoms with Gasteiger partial charge in [0, 0.05) is 30.1 Å². The third kappa shape index (κ3) is 3.15. The van der Waals surface area contributed by atoms with E-state index in [4.69, 9.17) is 16.3 Å². The second-order valence-corrected chi connectivity index (χ2v) is 5.53. The second kappa shape index (κ2) is 5.89. The van der Waals surface area contributed by atoms with E-state index in [9.17, 15) is 4.39 Å². The third-order valence-electron chi connectivity index (χ3n) is 3.54. The van der Waals surface area contributed by atoms with Gasteiger partial charge >= 0.3 is 0 Å². The summed E-state index contributed by atoms with van der Waals surface area (Å²) >= 11 is 6.19. The van der Waals surface area contributed by atoms with Gasteiger partial charge in [-0.15, -0.1) is 11.6 Å². The van der Waals surface area contributed by atoms with Crippen LogP contribution in [0.2, 0.25) is 0 Å². The van der Waals surface area contributed by atoms with Gasteiger partial charge in [0.2, 0.25) is 0 Å². The Hall–Kier alpha value is -0.800. The number of nitrogens with zero attached hydrogens (tertiary/aromatic N) is 1. The third-order valence-corrected chi connectivity index (χ3v) is 4.19. The fraction of sp³-hybridized carbons (Fsp3) is 0.571. The van der Waals surface area contributed by atoms with E-state index in [-0.39, 0.29) is 11.2 Å². The highest BCUT2D eigenvalue weighted by atomic mass is 35.5. The number of hydrogen-bond acceptors (Lipinski definition) is 2. The molecule has 1 heterocycles. The van der Waals surface area contributed by atoms with Gasteiger partial charge in [0.1, 0.15) is 11.6 Å². The minimum Gasteiger partial charge on any atom is -0.497 e. The smallest absolute Gasteiger partial charge is 0.131 e. The standard InChI is InChI=1S/C14H19ClFNO/c1-10-8-17(6-5-13(10)15)9-11-3-4-12(18-2)7-14(11)16/h3-4,7,10,13H,5-6,8-9H2,1-2H3. The Morgan fingerprint density at radius 2 is 2.28 bits per heavy atom. The highest BCUT2D eigenvalue weighted by Crippen LogP contribution is 2.24. The molecule has 0 bridgehead atoms. The lowest BCUT2D eigenvalue weighted by Crippen LogP contribution is -2.39. The first-order valence-electron chi connectivity index (χ1n) is 6.29. The molecule has 2 unspecified atom stereocenters. The van der Waals surface area contributed by atoms with Gasteiger partial charge in [0.05, 0.1) is 7.11 Å². The zero-order chi connectivity index (χ0) is 13.1. The van der Waals surface area contributed by atoms with Crippen molar-refractivity contribution < 1.29 is 9.13 Å². The summed E-state index contributed by atoms with van der Waals surface area (Å²) < 4.78 is 18.8. The number of halogens is 2. The van der Waals surface area contributed by atoms with Crippen molar-refractivity contribution in [3.05, 3.63) is 29.6 Å². The molecule has 0 spiro atoms. The van der Waals surface area contributed by atoms with E-state index in [0.717, 1.165) is 25.1 Å². The van der Waals surface area contributed by atoms with E-state index in [1.165, 1.54) is 6.07 Å². The molecule has 0 N–H and O–H groups in total. The van der Waals surface area contributed by atoms with Crippen molar-refractivity contribution >= 4 is 11.6 Å². The molecule has 1 aliphatic rings. The maximum absolute atomic E-state index is 13.8. The maximum atomic E-state index is 13.8. The summed E-state index contributed by atoms with van der Waals surface area (Å²) in [7, 11) is 1.54. The van der Waals surface area contributed by atoms with Gasteiger partial charge in [-0.2, -0.15) is 0 Å². The summed E-state index contributed by atoms with van der Waals surface area (Å²) in [5, 5.41) is 0.252. The summed E-state index contributed by atoms with van der Waals surface area (Å²) in [4.78, 5) is 2.26. The lowest BCUT2D eigenvalue weighted by atomic mass is 9.99. The second-order valence-electron chi connectivity index (χ2n) is 4.97. The Morgan fingerprint density at radius 3 is 2.89 bits per heavy atom.